The van der Waals surface area contributed by atoms with E-state index in [0.717, 1.165) is 0 Å². The van der Waals surface area contributed by atoms with E-state index in [2.05, 4.69) is 17.2 Å². The van der Waals surface area contributed by atoms with Crippen molar-refractivity contribution in [3.63, 3.8) is 0 Å². The van der Waals surface area contributed by atoms with Gasteiger partial charge in [-0.1, -0.05) is 17.9 Å². The molecule has 0 saturated heterocycles. The Kier molecular flexibility index (Phi) is 5.15. The van der Waals surface area contributed by atoms with Crippen molar-refractivity contribution >= 4 is 12.4 Å². The summed E-state index contributed by atoms with van der Waals surface area (Å²) in [6, 6.07) is 4.62. The number of phenolic OH excluding ortho intramolecular Hbond substituents is 1. The number of ether oxygens (including phenoxy) is 1. The van der Waals surface area contributed by atoms with Crippen LogP contribution >= 0.6 is 0 Å². The van der Waals surface area contributed by atoms with E-state index in [0.29, 0.717) is 11.8 Å². The molecule has 0 aliphatic carbocycles. The molecule has 5 heteroatoms. The van der Waals surface area contributed by atoms with Crippen LogP contribution in [-0.2, 0) is 4.74 Å². The van der Waals surface area contributed by atoms with Crippen molar-refractivity contribution in [3.8, 4) is 17.6 Å². The van der Waals surface area contributed by atoms with E-state index in [1.165, 1.54) is 6.07 Å². The molecular weight excluding hydrogens is 258 g/mol. The highest BCUT2D eigenvalue weighted by molar-refractivity contribution is 5.83. The fourth-order valence-electron chi connectivity index (χ4n) is 1.36. The minimum Gasteiger partial charge on any atom is -0.507 e. The molecule has 0 aliphatic rings. The second-order valence-corrected chi connectivity index (χ2v) is 5.01. The summed E-state index contributed by atoms with van der Waals surface area (Å²) in [6.07, 6.45) is -0.0148. The molecule has 106 valence electrons. The molecule has 0 fully saturated rings. The first-order valence-electron chi connectivity index (χ1n) is 6.06. The lowest BCUT2D eigenvalue weighted by Crippen LogP contribution is -2.32. The largest absolute Gasteiger partial charge is 0.507 e. The van der Waals surface area contributed by atoms with Crippen molar-refractivity contribution in [2.45, 2.75) is 26.4 Å². The first-order valence-corrected chi connectivity index (χ1v) is 6.06. The Morgan fingerprint density at radius 1 is 1.45 bits per heavy atom. The third-order valence-corrected chi connectivity index (χ3v) is 2.14. The maximum Gasteiger partial charge on any atom is 0.408 e. The SMILES string of the molecule is CC(C)(C)OC(=O)NCC#Cc1cccc(O)c1C=O. The quantitative estimate of drug-likeness (QED) is 0.640. The highest BCUT2D eigenvalue weighted by Gasteiger charge is 2.15. The molecule has 0 aliphatic heterocycles. The Labute approximate surface area is 117 Å². The smallest absolute Gasteiger partial charge is 0.408 e. The minimum absolute atomic E-state index is 0.0862. The van der Waals surface area contributed by atoms with Crippen LogP contribution < -0.4 is 5.32 Å². The van der Waals surface area contributed by atoms with Gasteiger partial charge in [0.2, 0.25) is 0 Å². The van der Waals surface area contributed by atoms with Gasteiger partial charge >= 0.3 is 6.09 Å². The number of carbonyl (C=O) groups is 2. The molecule has 1 aromatic rings. The summed E-state index contributed by atoms with van der Waals surface area (Å²) in [4.78, 5) is 22.2. The molecule has 2 N–H and O–H groups in total. The van der Waals surface area contributed by atoms with Crippen LogP contribution in [-0.4, -0.2) is 29.6 Å². The van der Waals surface area contributed by atoms with Crippen LogP contribution in [0.4, 0.5) is 4.79 Å². The van der Waals surface area contributed by atoms with E-state index in [1.54, 1.807) is 32.9 Å². The number of aromatic hydroxyl groups is 1. The molecule has 1 rings (SSSR count). The predicted octanol–water partition coefficient (Wildman–Crippen LogP) is 2.08. The van der Waals surface area contributed by atoms with E-state index in [-0.39, 0.29) is 17.9 Å². The monoisotopic (exact) mass is 275 g/mol. The van der Waals surface area contributed by atoms with Gasteiger partial charge in [0, 0.05) is 5.56 Å². The zero-order valence-corrected chi connectivity index (χ0v) is 11.7. The molecule has 0 spiro atoms. The molecule has 0 saturated carbocycles. The van der Waals surface area contributed by atoms with E-state index >= 15 is 0 Å². The van der Waals surface area contributed by atoms with Crippen molar-refractivity contribution in [3.05, 3.63) is 29.3 Å². The second-order valence-electron chi connectivity index (χ2n) is 5.01. The van der Waals surface area contributed by atoms with Gasteiger partial charge in [-0.3, -0.25) is 4.79 Å². The van der Waals surface area contributed by atoms with Crippen LogP contribution in [0.2, 0.25) is 0 Å². The molecule has 0 heterocycles. The van der Waals surface area contributed by atoms with Gasteiger partial charge < -0.3 is 15.2 Å². The Balaban J connectivity index is 2.62. The van der Waals surface area contributed by atoms with Crippen LogP contribution in [0.1, 0.15) is 36.7 Å². The topological polar surface area (TPSA) is 75.6 Å². The second kappa shape index (κ2) is 6.62. The van der Waals surface area contributed by atoms with Crippen molar-refractivity contribution in [2.75, 3.05) is 6.54 Å². The Morgan fingerprint density at radius 2 is 2.15 bits per heavy atom. The van der Waals surface area contributed by atoms with Crippen LogP contribution in [0.15, 0.2) is 18.2 Å². The zero-order chi connectivity index (χ0) is 15.2. The first kappa shape index (κ1) is 15.6. The van der Waals surface area contributed by atoms with E-state index < -0.39 is 11.7 Å². The number of nitrogens with one attached hydrogen (secondary N) is 1. The standard InChI is InChI=1S/C15H17NO4/c1-15(2,3)20-14(19)16-9-5-7-11-6-4-8-13(18)12(11)10-17/h4,6,8,10,18H,9H2,1-3H3,(H,16,19). The summed E-state index contributed by atoms with van der Waals surface area (Å²) in [5.41, 5.74) is -0.0174. The average Bonchev–Trinajstić information content (AvgIpc) is 2.32. The summed E-state index contributed by atoms with van der Waals surface area (Å²) < 4.78 is 5.04. The van der Waals surface area contributed by atoms with Gasteiger partial charge in [-0.2, -0.15) is 0 Å². The lowest BCUT2D eigenvalue weighted by atomic mass is 10.1. The normalized spacial score (nSPS) is 10.2. The van der Waals surface area contributed by atoms with Crippen molar-refractivity contribution < 1.29 is 19.4 Å². The third-order valence-electron chi connectivity index (χ3n) is 2.14. The average molecular weight is 275 g/mol. The molecule has 1 amide bonds. The van der Waals surface area contributed by atoms with Crippen molar-refractivity contribution in [1.29, 1.82) is 0 Å². The Morgan fingerprint density at radius 3 is 2.75 bits per heavy atom. The summed E-state index contributed by atoms with van der Waals surface area (Å²) in [5, 5.41) is 12.0. The molecule has 0 aromatic heterocycles. The third kappa shape index (κ3) is 5.02. The Hall–Kier alpha value is -2.48. The van der Waals surface area contributed by atoms with Crippen LogP contribution in [0.5, 0.6) is 5.75 Å². The van der Waals surface area contributed by atoms with Gasteiger partial charge in [0.05, 0.1) is 12.1 Å². The summed E-state index contributed by atoms with van der Waals surface area (Å²) in [7, 11) is 0. The highest BCUT2D eigenvalue weighted by Crippen LogP contribution is 2.17. The number of hydrogen-bond acceptors (Lipinski definition) is 4. The number of carbonyl (C=O) groups excluding carboxylic acids is 2. The number of alkyl carbamates (subject to hydrolysis) is 1. The lowest BCUT2D eigenvalue weighted by molar-refractivity contribution is 0.0535. The zero-order valence-electron chi connectivity index (χ0n) is 11.7. The molecule has 5 nitrogen and oxygen atoms in total. The van der Waals surface area contributed by atoms with E-state index in [9.17, 15) is 14.7 Å². The number of rotatable bonds is 2. The molecule has 1 aromatic carbocycles. The number of amides is 1. The van der Waals surface area contributed by atoms with Crippen molar-refractivity contribution in [1.82, 2.24) is 5.32 Å². The number of aldehydes is 1. The fraction of sp³-hybridized carbons (Fsp3) is 0.333. The summed E-state index contributed by atoms with van der Waals surface area (Å²) in [6.45, 7) is 5.38. The van der Waals surface area contributed by atoms with Gasteiger partial charge in [0.15, 0.2) is 6.29 Å². The van der Waals surface area contributed by atoms with Crippen molar-refractivity contribution in [2.24, 2.45) is 0 Å². The van der Waals surface area contributed by atoms with Crippen LogP contribution in [0, 0.1) is 11.8 Å². The van der Waals surface area contributed by atoms with Gasteiger partial charge in [-0.05, 0) is 32.9 Å². The molecule has 0 bridgehead atoms. The van der Waals surface area contributed by atoms with Gasteiger partial charge in [-0.15, -0.1) is 0 Å². The van der Waals surface area contributed by atoms with Crippen LogP contribution in [0.3, 0.4) is 0 Å². The van der Waals surface area contributed by atoms with Gasteiger partial charge in [0.25, 0.3) is 0 Å². The maximum atomic E-state index is 11.3. The van der Waals surface area contributed by atoms with E-state index in [4.69, 9.17) is 4.74 Å². The first-order chi connectivity index (χ1) is 9.33. The number of hydrogen-bond donors (Lipinski definition) is 2. The minimum atomic E-state index is -0.562. The van der Waals surface area contributed by atoms with Crippen LogP contribution in [0.25, 0.3) is 0 Å². The van der Waals surface area contributed by atoms with E-state index in [1.807, 2.05) is 0 Å². The predicted molar refractivity (Wildman–Crippen MR) is 74.6 cm³/mol. The lowest BCUT2D eigenvalue weighted by Gasteiger charge is -2.19. The Bertz CT molecular complexity index is 561. The molecule has 20 heavy (non-hydrogen) atoms. The summed E-state index contributed by atoms with van der Waals surface area (Å²) >= 11 is 0. The maximum absolute atomic E-state index is 11.3. The van der Waals surface area contributed by atoms with Gasteiger partial charge in [-0.25, -0.2) is 4.79 Å². The summed E-state index contributed by atoms with van der Waals surface area (Å²) in [5.74, 6) is 5.28. The molecular formula is C15H17NO4. The fourth-order valence-corrected chi connectivity index (χ4v) is 1.36. The number of benzene rings is 1. The van der Waals surface area contributed by atoms with Gasteiger partial charge in [0.1, 0.15) is 11.4 Å². The molecule has 0 unspecified atom stereocenters. The molecule has 0 atom stereocenters. The highest BCUT2D eigenvalue weighted by atomic mass is 16.6. The number of phenols is 1. The molecule has 0 radical (unpaired) electrons.